The van der Waals surface area contributed by atoms with E-state index in [1.165, 1.54) is 16.8 Å². The smallest absolute Gasteiger partial charge is 0.171 e. The summed E-state index contributed by atoms with van der Waals surface area (Å²) in [5.74, 6) is 1.27. The molecule has 5 rings (SSSR count). The van der Waals surface area contributed by atoms with Gasteiger partial charge in [0.05, 0.1) is 32.2 Å². The molecule has 2 aromatic rings. The zero-order valence-electron chi connectivity index (χ0n) is 16.4. The van der Waals surface area contributed by atoms with Gasteiger partial charge in [-0.3, -0.25) is 4.68 Å². The highest BCUT2D eigenvalue weighted by Gasteiger charge is 2.60. The number of methoxy groups -OCH3 is 1. The summed E-state index contributed by atoms with van der Waals surface area (Å²) in [5, 5.41) is 4.64. The van der Waals surface area contributed by atoms with Crippen LogP contribution in [0.15, 0.2) is 30.5 Å². The highest BCUT2D eigenvalue weighted by molar-refractivity contribution is 5.46. The zero-order valence-corrected chi connectivity index (χ0v) is 16.4. The van der Waals surface area contributed by atoms with Crippen LogP contribution in [0.25, 0.3) is 0 Å². The Morgan fingerprint density at radius 3 is 2.81 bits per heavy atom. The van der Waals surface area contributed by atoms with Gasteiger partial charge in [-0.05, 0) is 48.4 Å². The van der Waals surface area contributed by atoms with Crippen molar-refractivity contribution in [2.45, 2.75) is 43.8 Å². The van der Waals surface area contributed by atoms with Crippen molar-refractivity contribution in [2.75, 3.05) is 20.3 Å². The monoisotopic (exact) mass is 368 g/mol. The van der Waals surface area contributed by atoms with Crippen LogP contribution in [0.5, 0.6) is 5.75 Å². The Kier molecular flexibility index (Phi) is 3.89. The molecule has 27 heavy (non-hydrogen) atoms. The fourth-order valence-electron chi connectivity index (χ4n) is 6.13. The van der Waals surface area contributed by atoms with Gasteiger partial charge in [-0.25, -0.2) is 0 Å². The summed E-state index contributed by atoms with van der Waals surface area (Å²) >= 11 is 0. The number of fused-ring (bicyclic) bond motifs is 3. The second-order valence-corrected chi connectivity index (χ2v) is 8.29. The SMILES string of the molecule is COc1cccc([C@]23CCC4(OCCO4)[C@@H](C)[C@@H]2CCc2cnn(C)c23)c1. The van der Waals surface area contributed by atoms with Crippen LogP contribution in [-0.4, -0.2) is 35.9 Å². The van der Waals surface area contributed by atoms with E-state index in [-0.39, 0.29) is 5.41 Å². The lowest BCUT2D eigenvalue weighted by Crippen LogP contribution is -2.57. The van der Waals surface area contributed by atoms with Crippen LogP contribution >= 0.6 is 0 Å². The second kappa shape index (κ2) is 6.08. The molecule has 2 fully saturated rings. The molecule has 3 aliphatic rings. The van der Waals surface area contributed by atoms with Crippen molar-refractivity contribution in [3.8, 4) is 5.75 Å². The van der Waals surface area contributed by atoms with Crippen LogP contribution in [0.1, 0.15) is 43.0 Å². The summed E-state index contributed by atoms with van der Waals surface area (Å²) < 4.78 is 20.1. The average molecular weight is 368 g/mol. The predicted octanol–water partition coefficient (Wildman–Crippen LogP) is 3.45. The first kappa shape index (κ1) is 17.3. The molecule has 0 radical (unpaired) electrons. The average Bonchev–Trinajstić information content (AvgIpc) is 3.33. The number of nitrogens with zero attached hydrogens (tertiary/aromatic N) is 2. The lowest BCUT2D eigenvalue weighted by molar-refractivity contribution is -0.233. The number of aromatic nitrogens is 2. The van der Waals surface area contributed by atoms with Crippen LogP contribution in [0.2, 0.25) is 0 Å². The summed E-state index contributed by atoms with van der Waals surface area (Å²) in [7, 11) is 3.82. The topological polar surface area (TPSA) is 45.5 Å². The summed E-state index contributed by atoms with van der Waals surface area (Å²) in [5.41, 5.74) is 4.00. The maximum atomic E-state index is 6.20. The molecule has 2 aliphatic carbocycles. The molecule has 0 bridgehead atoms. The molecule has 1 saturated carbocycles. The number of aryl methyl sites for hydroxylation is 2. The van der Waals surface area contributed by atoms with Crippen LogP contribution in [0.4, 0.5) is 0 Å². The van der Waals surface area contributed by atoms with Crippen LogP contribution in [-0.2, 0) is 28.4 Å². The van der Waals surface area contributed by atoms with Gasteiger partial charge in [0, 0.05) is 24.8 Å². The van der Waals surface area contributed by atoms with E-state index in [0.29, 0.717) is 25.0 Å². The van der Waals surface area contributed by atoms with Crippen LogP contribution < -0.4 is 4.74 Å². The van der Waals surface area contributed by atoms with Gasteiger partial charge in [-0.2, -0.15) is 5.10 Å². The van der Waals surface area contributed by atoms with E-state index in [0.717, 1.165) is 31.4 Å². The van der Waals surface area contributed by atoms with Gasteiger partial charge >= 0.3 is 0 Å². The molecular formula is C22H28N2O3. The molecular weight excluding hydrogens is 340 g/mol. The Bertz CT molecular complexity index is 855. The molecule has 1 saturated heterocycles. The van der Waals surface area contributed by atoms with Gasteiger partial charge in [0.25, 0.3) is 0 Å². The minimum Gasteiger partial charge on any atom is -0.497 e. The largest absolute Gasteiger partial charge is 0.497 e. The number of hydrogen-bond donors (Lipinski definition) is 0. The quantitative estimate of drug-likeness (QED) is 0.814. The lowest BCUT2D eigenvalue weighted by atomic mass is 9.52. The third-order valence-electron chi connectivity index (χ3n) is 7.32. The van der Waals surface area contributed by atoms with Crippen molar-refractivity contribution in [3.05, 3.63) is 47.3 Å². The molecule has 1 aliphatic heterocycles. The standard InChI is InChI=1S/C22H28N2O3/c1-15-19-8-7-16-14-23-24(2)20(16)21(19,9-10-22(15)26-11-12-27-22)17-5-4-6-18(13-17)25-3/h4-6,13-15,19H,7-12H2,1-3H3/t15-,19-,21+/m0/s1. The molecule has 3 atom stereocenters. The Morgan fingerprint density at radius 2 is 2.04 bits per heavy atom. The maximum Gasteiger partial charge on any atom is 0.171 e. The predicted molar refractivity (Wildman–Crippen MR) is 102 cm³/mol. The van der Waals surface area contributed by atoms with Crippen molar-refractivity contribution in [1.82, 2.24) is 9.78 Å². The number of rotatable bonds is 2. The fourth-order valence-corrected chi connectivity index (χ4v) is 6.13. The van der Waals surface area contributed by atoms with Gasteiger partial charge in [0.2, 0.25) is 0 Å². The van der Waals surface area contributed by atoms with Gasteiger partial charge < -0.3 is 14.2 Å². The Morgan fingerprint density at radius 1 is 1.22 bits per heavy atom. The highest BCUT2D eigenvalue weighted by atomic mass is 16.7. The zero-order chi connectivity index (χ0) is 18.6. The van der Waals surface area contributed by atoms with E-state index in [9.17, 15) is 0 Å². The van der Waals surface area contributed by atoms with E-state index in [1.807, 2.05) is 6.07 Å². The fraction of sp³-hybridized carbons (Fsp3) is 0.591. The van der Waals surface area contributed by atoms with E-state index < -0.39 is 5.79 Å². The summed E-state index contributed by atoms with van der Waals surface area (Å²) in [6, 6.07) is 8.62. The third-order valence-corrected chi connectivity index (χ3v) is 7.32. The molecule has 144 valence electrons. The Labute approximate surface area is 160 Å². The maximum absolute atomic E-state index is 6.20. The van der Waals surface area contributed by atoms with Gasteiger partial charge in [-0.15, -0.1) is 0 Å². The molecule has 0 N–H and O–H groups in total. The summed E-state index contributed by atoms with van der Waals surface area (Å²) in [6.07, 6.45) is 6.17. The second-order valence-electron chi connectivity index (χ2n) is 8.29. The summed E-state index contributed by atoms with van der Waals surface area (Å²) in [4.78, 5) is 0. The van der Waals surface area contributed by atoms with Crippen molar-refractivity contribution in [2.24, 2.45) is 18.9 Å². The van der Waals surface area contributed by atoms with Crippen molar-refractivity contribution < 1.29 is 14.2 Å². The number of benzene rings is 1. The molecule has 1 spiro atoms. The normalized spacial score (nSPS) is 31.5. The molecule has 2 heterocycles. The van der Waals surface area contributed by atoms with Gasteiger partial charge in [0.15, 0.2) is 5.79 Å². The first-order valence-corrected chi connectivity index (χ1v) is 10.0. The van der Waals surface area contributed by atoms with Crippen molar-refractivity contribution in [1.29, 1.82) is 0 Å². The first-order chi connectivity index (χ1) is 13.1. The van der Waals surface area contributed by atoms with Crippen LogP contribution in [0.3, 0.4) is 0 Å². The number of hydrogen-bond acceptors (Lipinski definition) is 4. The third kappa shape index (κ3) is 2.28. The van der Waals surface area contributed by atoms with E-state index in [1.54, 1.807) is 7.11 Å². The Hall–Kier alpha value is -1.85. The lowest BCUT2D eigenvalue weighted by Gasteiger charge is -2.55. The molecule has 1 aromatic carbocycles. The van der Waals surface area contributed by atoms with Crippen LogP contribution in [0, 0.1) is 11.8 Å². The van der Waals surface area contributed by atoms with Crippen molar-refractivity contribution in [3.63, 3.8) is 0 Å². The van der Waals surface area contributed by atoms with Gasteiger partial charge in [0.1, 0.15) is 5.75 Å². The molecule has 1 aromatic heterocycles. The first-order valence-electron chi connectivity index (χ1n) is 10.0. The van der Waals surface area contributed by atoms with Gasteiger partial charge in [-0.1, -0.05) is 19.1 Å². The minimum absolute atomic E-state index is 0.0760. The van der Waals surface area contributed by atoms with Crippen molar-refractivity contribution >= 4 is 0 Å². The summed E-state index contributed by atoms with van der Waals surface area (Å²) in [6.45, 7) is 3.74. The molecule has 5 heteroatoms. The highest BCUT2D eigenvalue weighted by Crippen LogP contribution is 2.59. The Balaban J connectivity index is 1.71. The van der Waals surface area contributed by atoms with E-state index in [4.69, 9.17) is 14.2 Å². The minimum atomic E-state index is -0.414. The number of ether oxygens (including phenoxy) is 3. The molecule has 0 unspecified atom stereocenters. The molecule has 5 nitrogen and oxygen atoms in total. The van der Waals surface area contributed by atoms with E-state index in [2.05, 4.69) is 48.1 Å². The van der Waals surface area contributed by atoms with E-state index >= 15 is 0 Å². The molecule has 0 amide bonds.